The zero-order valence-corrected chi connectivity index (χ0v) is 28.0. The van der Waals surface area contributed by atoms with E-state index in [-0.39, 0.29) is 23.0 Å². The van der Waals surface area contributed by atoms with Crippen molar-refractivity contribution in [1.29, 1.82) is 0 Å². The van der Waals surface area contributed by atoms with E-state index in [0.29, 0.717) is 11.8 Å². The van der Waals surface area contributed by atoms with Gasteiger partial charge in [-0.1, -0.05) is 113 Å². The van der Waals surface area contributed by atoms with Crippen LogP contribution in [0.4, 0.5) is 0 Å². The Labute approximate surface area is 257 Å². The number of rotatable bonds is 8. The molecule has 0 aromatic heterocycles. The molecule has 0 aromatic rings. The maximum Gasteiger partial charge on any atom is 0.0554 e. The van der Waals surface area contributed by atoms with E-state index in [1.165, 1.54) is 22.3 Å². The highest BCUT2D eigenvalue weighted by Crippen LogP contribution is 2.43. The van der Waals surface area contributed by atoms with Gasteiger partial charge in [0.25, 0.3) is 0 Å². The lowest BCUT2D eigenvalue weighted by Crippen LogP contribution is -2.33. The first-order valence-electron chi connectivity index (χ1n) is 15.6. The highest BCUT2D eigenvalue weighted by Gasteiger charge is 2.36. The van der Waals surface area contributed by atoms with E-state index in [1.54, 1.807) is 0 Å². The standard InChI is InChI=1S/C40H56O2/c1-29(17-13-19-31(3)21-23-37-33(5)25-35(41)27-39(37,7)8)15-11-12-16-30(2)18-14-20-32(4)22-24-38-34(6)26-36(42)28-40(38,9)10/h11-22,33-36,41-42H,25-28H2,1-10H3/b12-11+,17-13+,18-14+,29-15+,30-16+,31-19+,32-20+. The molecule has 0 spiro atoms. The SMILES string of the molecule is C\C(C=C=C1C(C)CC(O)CC1(C)C)=C/C=C/C(C)=C/C=C/C=C(C)/C=C/C=C(\C)C=C=C1C(C)CC(O)CC1(C)C. The summed E-state index contributed by atoms with van der Waals surface area (Å²) >= 11 is 0. The van der Waals surface area contributed by atoms with Crippen molar-refractivity contribution >= 4 is 0 Å². The molecule has 4 unspecified atom stereocenters. The van der Waals surface area contributed by atoms with Crippen LogP contribution < -0.4 is 0 Å². The Bertz CT molecular complexity index is 1180. The number of aliphatic hydroxyl groups excluding tert-OH is 2. The van der Waals surface area contributed by atoms with Crippen molar-refractivity contribution in [2.45, 2.75) is 107 Å². The third-order valence-electron chi connectivity index (χ3n) is 8.36. The summed E-state index contributed by atoms with van der Waals surface area (Å²) in [5.41, 5.74) is 14.3. The van der Waals surface area contributed by atoms with Crippen LogP contribution >= 0.6 is 0 Å². The Kier molecular flexibility index (Phi) is 13.6. The van der Waals surface area contributed by atoms with Gasteiger partial charge in [-0.05, 0) is 110 Å². The zero-order chi connectivity index (χ0) is 31.5. The van der Waals surface area contributed by atoms with Crippen LogP contribution in [-0.4, -0.2) is 22.4 Å². The van der Waals surface area contributed by atoms with Crippen molar-refractivity contribution in [3.63, 3.8) is 0 Å². The average molecular weight is 569 g/mol. The maximum absolute atomic E-state index is 10.1. The molecule has 4 atom stereocenters. The molecule has 2 aliphatic rings. The summed E-state index contributed by atoms with van der Waals surface area (Å²) in [7, 11) is 0. The van der Waals surface area contributed by atoms with Gasteiger partial charge in [0.15, 0.2) is 0 Å². The summed E-state index contributed by atoms with van der Waals surface area (Å²) < 4.78 is 0. The Morgan fingerprint density at radius 3 is 1.26 bits per heavy atom. The monoisotopic (exact) mass is 568 g/mol. The van der Waals surface area contributed by atoms with Gasteiger partial charge in [0, 0.05) is 0 Å². The normalized spacial score (nSPS) is 27.5. The molecule has 2 fully saturated rings. The fourth-order valence-electron chi connectivity index (χ4n) is 6.33. The molecule has 2 saturated carbocycles. The minimum atomic E-state index is -0.210. The van der Waals surface area contributed by atoms with Crippen LogP contribution in [-0.2, 0) is 0 Å². The van der Waals surface area contributed by atoms with Crippen LogP contribution in [0.5, 0.6) is 0 Å². The Balaban J connectivity index is 1.94. The van der Waals surface area contributed by atoms with E-state index in [1.807, 2.05) is 0 Å². The number of aliphatic hydroxyl groups is 2. The molecular weight excluding hydrogens is 512 g/mol. The first-order chi connectivity index (χ1) is 19.6. The molecule has 228 valence electrons. The molecule has 0 aliphatic heterocycles. The van der Waals surface area contributed by atoms with Crippen LogP contribution in [0.1, 0.15) is 94.9 Å². The predicted octanol–water partition coefficient (Wildman–Crippen LogP) is 10.2. The maximum atomic E-state index is 10.1. The van der Waals surface area contributed by atoms with Crippen LogP contribution in [0.3, 0.4) is 0 Å². The van der Waals surface area contributed by atoms with Crippen LogP contribution in [0.2, 0.25) is 0 Å². The van der Waals surface area contributed by atoms with E-state index < -0.39 is 0 Å². The van der Waals surface area contributed by atoms with E-state index >= 15 is 0 Å². The van der Waals surface area contributed by atoms with Gasteiger partial charge in [-0.3, -0.25) is 0 Å². The Hall–Kier alpha value is -2.86. The third-order valence-corrected chi connectivity index (χ3v) is 8.36. The predicted molar refractivity (Wildman–Crippen MR) is 182 cm³/mol. The van der Waals surface area contributed by atoms with Gasteiger partial charge in [0.1, 0.15) is 0 Å². The summed E-state index contributed by atoms with van der Waals surface area (Å²) in [6.07, 6.45) is 27.9. The fourth-order valence-corrected chi connectivity index (χ4v) is 6.33. The molecule has 0 bridgehead atoms. The van der Waals surface area contributed by atoms with Crippen molar-refractivity contribution in [2.24, 2.45) is 22.7 Å². The van der Waals surface area contributed by atoms with Gasteiger partial charge in [0.05, 0.1) is 12.2 Å². The molecule has 2 N–H and O–H groups in total. The van der Waals surface area contributed by atoms with Gasteiger partial charge < -0.3 is 10.2 Å². The van der Waals surface area contributed by atoms with Gasteiger partial charge in [0.2, 0.25) is 0 Å². The van der Waals surface area contributed by atoms with Crippen LogP contribution in [0.25, 0.3) is 0 Å². The lowest BCUT2D eigenvalue weighted by atomic mass is 9.67. The molecule has 2 nitrogen and oxygen atoms in total. The minimum Gasteiger partial charge on any atom is -0.393 e. The molecule has 0 amide bonds. The molecule has 42 heavy (non-hydrogen) atoms. The second-order valence-corrected chi connectivity index (χ2v) is 13.9. The van der Waals surface area contributed by atoms with Crippen molar-refractivity contribution in [2.75, 3.05) is 0 Å². The molecule has 0 aromatic carbocycles. The first-order valence-corrected chi connectivity index (χ1v) is 15.6. The fraction of sp³-hybridized carbons (Fsp3) is 0.500. The molecule has 2 aliphatic carbocycles. The summed E-state index contributed by atoms with van der Waals surface area (Å²) in [6, 6.07) is 0. The molecule has 2 rings (SSSR count). The number of hydrogen-bond donors (Lipinski definition) is 2. The third kappa shape index (κ3) is 11.8. The van der Waals surface area contributed by atoms with Gasteiger partial charge in [-0.2, -0.15) is 0 Å². The van der Waals surface area contributed by atoms with E-state index in [2.05, 4.69) is 154 Å². The van der Waals surface area contributed by atoms with Gasteiger partial charge in [-0.25, -0.2) is 0 Å². The van der Waals surface area contributed by atoms with Crippen molar-refractivity contribution < 1.29 is 10.2 Å². The van der Waals surface area contributed by atoms with Crippen molar-refractivity contribution in [3.8, 4) is 0 Å². The average Bonchev–Trinajstić information content (AvgIpc) is 2.84. The second kappa shape index (κ2) is 16.1. The summed E-state index contributed by atoms with van der Waals surface area (Å²) in [5, 5.41) is 20.2. The van der Waals surface area contributed by atoms with Crippen LogP contribution in [0.15, 0.2) is 118 Å². The smallest absolute Gasteiger partial charge is 0.0554 e. The van der Waals surface area contributed by atoms with Gasteiger partial charge in [-0.15, -0.1) is 11.5 Å². The largest absolute Gasteiger partial charge is 0.393 e. The lowest BCUT2D eigenvalue weighted by Gasteiger charge is -2.38. The summed E-state index contributed by atoms with van der Waals surface area (Å²) in [4.78, 5) is 0. The van der Waals surface area contributed by atoms with E-state index in [0.717, 1.165) is 36.8 Å². The first kappa shape index (κ1) is 35.3. The topological polar surface area (TPSA) is 40.5 Å². The molecular formula is C40H56O2. The molecule has 2 heteroatoms. The Morgan fingerprint density at radius 2 is 0.929 bits per heavy atom. The summed E-state index contributed by atoms with van der Waals surface area (Å²) in [5.74, 6) is 0.711. The Morgan fingerprint density at radius 1 is 0.595 bits per heavy atom. The van der Waals surface area contributed by atoms with Crippen molar-refractivity contribution in [1.82, 2.24) is 0 Å². The summed E-state index contributed by atoms with van der Waals surface area (Å²) in [6.45, 7) is 21.6. The lowest BCUT2D eigenvalue weighted by molar-refractivity contribution is 0.0766. The quantitative estimate of drug-likeness (QED) is 0.226. The van der Waals surface area contributed by atoms with Crippen molar-refractivity contribution in [3.05, 3.63) is 118 Å². The van der Waals surface area contributed by atoms with E-state index in [4.69, 9.17) is 0 Å². The van der Waals surface area contributed by atoms with Gasteiger partial charge >= 0.3 is 0 Å². The van der Waals surface area contributed by atoms with E-state index in [9.17, 15) is 10.2 Å². The molecule has 0 saturated heterocycles. The van der Waals surface area contributed by atoms with Crippen LogP contribution in [0, 0.1) is 22.7 Å². The molecule has 0 radical (unpaired) electrons. The second-order valence-electron chi connectivity index (χ2n) is 13.9. The highest BCUT2D eigenvalue weighted by atomic mass is 16.3. The number of hydrogen-bond acceptors (Lipinski definition) is 2. The number of allylic oxidation sites excluding steroid dienone is 16. The minimum absolute atomic E-state index is 0.0136. The molecule has 0 heterocycles. The zero-order valence-electron chi connectivity index (χ0n) is 28.0. The highest BCUT2D eigenvalue weighted by molar-refractivity contribution is 5.33.